The molecule has 6 nitrogen and oxygen atoms in total. The molecule has 6 heteroatoms. The van der Waals surface area contributed by atoms with Gasteiger partial charge in [-0.15, -0.1) is 0 Å². The summed E-state index contributed by atoms with van der Waals surface area (Å²) < 4.78 is 5.18. The molecule has 1 aromatic rings. The molecule has 1 saturated carbocycles. The third-order valence-electron chi connectivity index (χ3n) is 3.50. The number of nitrogens with one attached hydrogen (secondary N) is 1. The Morgan fingerprint density at radius 1 is 1.25 bits per heavy atom. The van der Waals surface area contributed by atoms with Crippen LogP contribution in [0.2, 0.25) is 0 Å². The number of hydrogen-bond donors (Lipinski definition) is 1. The van der Waals surface area contributed by atoms with Gasteiger partial charge >= 0.3 is 6.09 Å². The maximum absolute atomic E-state index is 11.6. The van der Waals surface area contributed by atoms with Crippen LogP contribution in [0.1, 0.15) is 32.1 Å². The molecule has 0 radical (unpaired) electrons. The molecule has 1 aliphatic carbocycles. The Morgan fingerprint density at radius 2 is 1.90 bits per heavy atom. The second-order valence-electron chi connectivity index (χ2n) is 5.03. The molecule has 0 bridgehead atoms. The summed E-state index contributed by atoms with van der Waals surface area (Å²) in [6, 6.07) is 5.66. The smallest absolute Gasteiger partial charge is 0.411 e. The summed E-state index contributed by atoms with van der Waals surface area (Å²) in [5.74, 6) is 0.464. The van der Waals surface area contributed by atoms with E-state index in [1.807, 2.05) is 0 Å². The Kier molecular flexibility index (Phi) is 4.92. The molecule has 1 aromatic carbocycles. The second kappa shape index (κ2) is 6.88. The summed E-state index contributed by atoms with van der Waals surface area (Å²) in [5.41, 5.74) is 0.482. The van der Waals surface area contributed by atoms with E-state index in [2.05, 4.69) is 5.32 Å². The van der Waals surface area contributed by atoms with Crippen molar-refractivity contribution in [2.45, 2.75) is 32.1 Å². The Labute approximate surface area is 117 Å². The average molecular weight is 278 g/mol. The zero-order valence-electron chi connectivity index (χ0n) is 11.2. The maximum atomic E-state index is 11.6. The number of hydrogen-bond acceptors (Lipinski definition) is 4. The van der Waals surface area contributed by atoms with Crippen LogP contribution in [0, 0.1) is 16.0 Å². The number of carbonyl (C=O) groups excluding carboxylic acids is 1. The molecule has 0 heterocycles. The lowest BCUT2D eigenvalue weighted by atomic mass is 9.90. The molecule has 2 rings (SSSR count). The Balaban J connectivity index is 1.77. The van der Waals surface area contributed by atoms with Gasteiger partial charge in [0.1, 0.15) is 0 Å². The lowest BCUT2D eigenvalue weighted by molar-refractivity contribution is -0.384. The van der Waals surface area contributed by atoms with Crippen LogP contribution in [-0.4, -0.2) is 17.6 Å². The van der Waals surface area contributed by atoms with Crippen LogP contribution < -0.4 is 5.32 Å². The van der Waals surface area contributed by atoms with Gasteiger partial charge in [-0.1, -0.05) is 19.3 Å². The van der Waals surface area contributed by atoms with Gasteiger partial charge < -0.3 is 4.74 Å². The minimum absolute atomic E-state index is 0.00822. The molecule has 108 valence electrons. The van der Waals surface area contributed by atoms with Crippen molar-refractivity contribution in [2.75, 3.05) is 11.9 Å². The van der Waals surface area contributed by atoms with Crippen LogP contribution >= 0.6 is 0 Å². The van der Waals surface area contributed by atoms with Crippen molar-refractivity contribution in [1.82, 2.24) is 0 Å². The van der Waals surface area contributed by atoms with E-state index < -0.39 is 11.0 Å². The number of non-ortho nitro benzene ring substituents is 1. The largest absolute Gasteiger partial charge is 0.449 e. The minimum Gasteiger partial charge on any atom is -0.449 e. The van der Waals surface area contributed by atoms with Gasteiger partial charge in [0, 0.05) is 17.8 Å². The van der Waals surface area contributed by atoms with Crippen LogP contribution in [0.25, 0.3) is 0 Å². The van der Waals surface area contributed by atoms with Crippen molar-refractivity contribution in [1.29, 1.82) is 0 Å². The fourth-order valence-corrected chi connectivity index (χ4v) is 2.37. The number of nitrogens with zero attached hydrogens (tertiary/aromatic N) is 1. The highest BCUT2D eigenvalue weighted by atomic mass is 16.6. The Morgan fingerprint density at radius 3 is 2.50 bits per heavy atom. The number of nitro benzene ring substituents is 1. The molecule has 0 aromatic heterocycles. The quantitative estimate of drug-likeness (QED) is 0.672. The fraction of sp³-hybridized carbons (Fsp3) is 0.500. The highest BCUT2D eigenvalue weighted by Gasteiger charge is 2.15. The molecule has 1 N–H and O–H groups in total. The van der Waals surface area contributed by atoms with Gasteiger partial charge in [-0.25, -0.2) is 4.79 Å². The zero-order chi connectivity index (χ0) is 14.4. The summed E-state index contributed by atoms with van der Waals surface area (Å²) in [7, 11) is 0. The van der Waals surface area contributed by atoms with E-state index in [-0.39, 0.29) is 5.69 Å². The number of amides is 1. The van der Waals surface area contributed by atoms with Gasteiger partial charge in [-0.2, -0.15) is 0 Å². The van der Waals surface area contributed by atoms with Crippen LogP contribution in [-0.2, 0) is 4.74 Å². The molecular formula is C14H18N2O4. The van der Waals surface area contributed by atoms with E-state index in [1.165, 1.54) is 43.5 Å². The summed E-state index contributed by atoms with van der Waals surface area (Å²) in [6.45, 7) is 0.443. The predicted molar refractivity (Wildman–Crippen MR) is 74.6 cm³/mol. The number of ether oxygens (including phenoxy) is 1. The highest BCUT2D eigenvalue weighted by Crippen LogP contribution is 2.23. The monoisotopic (exact) mass is 278 g/mol. The van der Waals surface area contributed by atoms with E-state index in [1.54, 1.807) is 0 Å². The number of benzene rings is 1. The van der Waals surface area contributed by atoms with E-state index in [0.717, 1.165) is 12.8 Å². The van der Waals surface area contributed by atoms with E-state index in [9.17, 15) is 14.9 Å². The number of carbonyl (C=O) groups is 1. The molecule has 0 saturated heterocycles. The van der Waals surface area contributed by atoms with Gasteiger partial charge in [-0.3, -0.25) is 15.4 Å². The van der Waals surface area contributed by atoms with E-state index in [0.29, 0.717) is 18.2 Å². The molecule has 1 fully saturated rings. The first-order valence-corrected chi connectivity index (χ1v) is 6.83. The third kappa shape index (κ3) is 4.22. The Bertz CT molecular complexity index is 467. The van der Waals surface area contributed by atoms with Gasteiger partial charge in [0.05, 0.1) is 11.5 Å². The van der Waals surface area contributed by atoms with Crippen LogP contribution in [0.4, 0.5) is 16.2 Å². The van der Waals surface area contributed by atoms with Gasteiger partial charge in [-0.05, 0) is 30.9 Å². The summed E-state index contributed by atoms with van der Waals surface area (Å²) in [4.78, 5) is 21.6. The van der Waals surface area contributed by atoms with Gasteiger partial charge in [0.2, 0.25) is 0 Å². The second-order valence-corrected chi connectivity index (χ2v) is 5.03. The van der Waals surface area contributed by atoms with Crippen LogP contribution in [0.15, 0.2) is 24.3 Å². The number of anilines is 1. The van der Waals surface area contributed by atoms with Crippen molar-refractivity contribution in [3.8, 4) is 0 Å². The first-order chi connectivity index (χ1) is 9.65. The standard InChI is InChI=1S/C14H18N2O4/c17-14(20-10-11-4-2-1-3-5-11)15-12-6-8-13(9-7-12)16(18)19/h6-9,11H,1-5,10H2,(H,15,17). The summed E-state index contributed by atoms with van der Waals surface area (Å²) in [6.07, 6.45) is 5.40. The SMILES string of the molecule is O=C(Nc1ccc([N+](=O)[O-])cc1)OCC1CCCCC1. The molecular weight excluding hydrogens is 260 g/mol. The zero-order valence-corrected chi connectivity index (χ0v) is 11.2. The lowest BCUT2D eigenvalue weighted by Crippen LogP contribution is -2.20. The first kappa shape index (κ1) is 14.3. The number of nitro groups is 1. The normalized spacial score (nSPS) is 15.6. The van der Waals surface area contributed by atoms with Crippen molar-refractivity contribution >= 4 is 17.5 Å². The molecule has 1 amide bonds. The average Bonchev–Trinajstić information content (AvgIpc) is 2.47. The van der Waals surface area contributed by atoms with Crippen molar-refractivity contribution in [3.05, 3.63) is 34.4 Å². The molecule has 20 heavy (non-hydrogen) atoms. The third-order valence-corrected chi connectivity index (χ3v) is 3.50. The topological polar surface area (TPSA) is 81.5 Å². The molecule has 0 spiro atoms. The van der Waals surface area contributed by atoms with Crippen LogP contribution in [0.3, 0.4) is 0 Å². The molecule has 0 atom stereocenters. The highest BCUT2D eigenvalue weighted by molar-refractivity contribution is 5.84. The minimum atomic E-state index is -0.510. The molecule has 1 aliphatic rings. The fourth-order valence-electron chi connectivity index (χ4n) is 2.37. The lowest BCUT2D eigenvalue weighted by Gasteiger charge is -2.21. The molecule has 0 unspecified atom stereocenters. The van der Waals surface area contributed by atoms with Crippen molar-refractivity contribution in [3.63, 3.8) is 0 Å². The summed E-state index contributed by atoms with van der Waals surface area (Å²) >= 11 is 0. The van der Waals surface area contributed by atoms with Crippen molar-refractivity contribution in [2.24, 2.45) is 5.92 Å². The number of rotatable bonds is 4. The van der Waals surface area contributed by atoms with E-state index in [4.69, 9.17) is 4.74 Å². The summed E-state index contributed by atoms with van der Waals surface area (Å²) in [5, 5.41) is 13.1. The van der Waals surface area contributed by atoms with Crippen molar-refractivity contribution < 1.29 is 14.5 Å². The predicted octanol–water partition coefficient (Wildman–Crippen LogP) is 3.72. The van der Waals surface area contributed by atoms with E-state index >= 15 is 0 Å². The Hall–Kier alpha value is -2.11. The van der Waals surface area contributed by atoms with Gasteiger partial charge in [0.15, 0.2) is 0 Å². The van der Waals surface area contributed by atoms with Crippen LogP contribution in [0.5, 0.6) is 0 Å². The molecule has 0 aliphatic heterocycles. The maximum Gasteiger partial charge on any atom is 0.411 e. The first-order valence-electron chi connectivity index (χ1n) is 6.83. The van der Waals surface area contributed by atoms with Gasteiger partial charge in [0.25, 0.3) is 5.69 Å².